The number of carbonyl (C=O) groups is 3. The molecule has 2 aromatic rings. The molecule has 0 bridgehead atoms. The van der Waals surface area contributed by atoms with E-state index in [1.807, 2.05) is 37.2 Å². The van der Waals surface area contributed by atoms with Crippen molar-refractivity contribution in [3.63, 3.8) is 0 Å². The minimum atomic E-state index is -0.491. The summed E-state index contributed by atoms with van der Waals surface area (Å²) in [4.78, 5) is 38.5. The lowest BCUT2D eigenvalue weighted by atomic mass is 10.1. The molecular formula is C20H18BrN3O4. The maximum atomic E-state index is 12.7. The van der Waals surface area contributed by atoms with Crippen LogP contribution >= 0.6 is 15.9 Å². The minimum absolute atomic E-state index is 0.0292. The van der Waals surface area contributed by atoms with Gasteiger partial charge in [-0.3, -0.25) is 15.0 Å². The van der Waals surface area contributed by atoms with Crippen molar-refractivity contribution in [2.24, 2.45) is 0 Å². The predicted molar refractivity (Wildman–Crippen MR) is 110 cm³/mol. The molecular weight excluding hydrogens is 426 g/mol. The largest absolute Gasteiger partial charge is 0.465 e. The van der Waals surface area contributed by atoms with Crippen LogP contribution in [0.25, 0.3) is 6.08 Å². The molecule has 0 aliphatic carbocycles. The van der Waals surface area contributed by atoms with Gasteiger partial charge in [0.25, 0.3) is 11.8 Å². The highest BCUT2D eigenvalue weighted by Gasteiger charge is 2.34. The van der Waals surface area contributed by atoms with Crippen LogP contribution in [0.2, 0.25) is 0 Å². The van der Waals surface area contributed by atoms with Crippen LogP contribution in [-0.4, -0.2) is 39.0 Å². The Morgan fingerprint density at radius 2 is 1.82 bits per heavy atom. The second-order valence-electron chi connectivity index (χ2n) is 6.28. The van der Waals surface area contributed by atoms with Crippen LogP contribution in [0, 0.1) is 0 Å². The van der Waals surface area contributed by atoms with Crippen molar-refractivity contribution in [1.29, 1.82) is 0 Å². The summed E-state index contributed by atoms with van der Waals surface area (Å²) in [5, 5.41) is 1.15. The first-order valence-corrected chi connectivity index (χ1v) is 9.13. The molecule has 0 unspecified atom stereocenters. The van der Waals surface area contributed by atoms with E-state index in [4.69, 9.17) is 0 Å². The van der Waals surface area contributed by atoms with Crippen LogP contribution in [0.15, 0.2) is 52.5 Å². The van der Waals surface area contributed by atoms with Gasteiger partial charge in [0.15, 0.2) is 0 Å². The van der Waals surface area contributed by atoms with Crippen LogP contribution in [-0.2, 0) is 14.3 Å². The number of hydrogen-bond donors (Lipinski definition) is 1. The quantitative estimate of drug-likeness (QED) is 0.446. The molecule has 2 aromatic carbocycles. The van der Waals surface area contributed by atoms with E-state index in [0.717, 1.165) is 20.7 Å². The second kappa shape index (κ2) is 7.85. The number of hydrazine groups is 1. The van der Waals surface area contributed by atoms with E-state index in [-0.39, 0.29) is 5.57 Å². The van der Waals surface area contributed by atoms with Gasteiger partial charge in [0.05, 0.1) is 24.0 Å². The maximum absolute atomic E-state index is 12.7. The van der Waals surface area contributed by atoms with Crippen molar-refractivity contribution in [1.82, 2.24) is 5.43 Å². The Hall–Kier alpha value is -3.13. The van der Waals surface area contributed by atoms with Gasteiger partial charge in [-0.25, -0.2) is 9.80 Å². The fourth-order valence-electron chi connectivity index (χ4n) is 2.75. The standard InChI is InChI=1S/C20H18BrN3O4/c1-23(2)17-9-4-12(11-16(17)21)10-15-18(25)22-24(19(15)26)14-7-5-13(6-8-14)20(27)28-3/h4-11H,1-3H3,(H,22,25). The van der Waals surface area contributed by atoms with E-state index in [2.05, 4.69) is 26.1 Å². The Balaban J connectivity index is 1.86. The molecule has 7 nitrogen and oxygen atoms in total. The van der Waals surface area contributed by atoms with Crippen LogP contribution in [0.4, 0.5) is 11.4 Å². The molecule has 2 amide bonds. The molecule has 144 valence electrons. The summed E-state index contributed by atoms with van der Waals surface area (Å²) < 4.78 is 5.51. The third-order valence-corrected chi connectivity index (χ3v) is 4.84. The summed E-state index contributed by atoms with van der Waals surface area (Å²) in [5.41, 5.74) is 5.07. The van der Waals surface area contributed by atoms with Gasteiger partial charge in [-0.15, -0.1) is 0 Å². The van der Waals surface area contributed by atoms with Gasteiger partial charge in [-0.1, -0.05) is 6.07 Å². The lowest BCUT2D eigenvalue weighted by Crippen LogP contribution is -2.35. The van der Waals surface area contributed by atoms with E-state index in [0.29, 0.717) is 11.3 Å². The van der Waals surface area contributed by atoms with Crippen molar-refractivity contribution in [2.45, 2.75) is 0 Å². The van der Waals surface area contributed by atoms with Gasteiger partial charge in [0.2, 0.25) is 0 Å². The second-order valence-corrected chi connectivity index (χ2v) is 7.14. The molecule has 28 heavy (non-hydrogen) atoms. The fraction of sp³-hybridized carbons (Fsp3) is 0.150. The summed E-state index contributed by atoms with van der Waals surface area (Å²) in [6, 6.07) is 11.8. The molecule has 1 heterocycles. The average Bonchev–Trinajstić information content (AvgIpc) is 2.95. The van der Waals surface area contributed by atoms with Gasteiger partial charge < -0.3 is 9.64 Å². The van der Waals surface area contributed by atoms with Crippen LogP contribution in [0.1, 0.15) is 15.9 Å². The number of ether oxygens (including phenoxy) is 1. The zero-order valence-corrected chi connectivity index (χ0v) is 17.1. The van der Waals surface area contributed by atoms with Crippen LogP contribution in [0.5, 0.6) is 0 Å². The van der Waals surface area contributed by atoms with Crippen molar-refractivity contribution in [3.8, 4) is 0 Å². The lowest BCUT2D eigenvalue weighted by Gasteiger charge is -2.15. The SMILES string of the molecule is COC(=O)c1ccc(N2NC(=O)C(=Cc3ccc(N(C)C)c(Br)c3)C2=O)cc1. The highest BCUT2D eigenvalue weighted by molar-refractivity contribution is 9.10. The topological polar surface area (TPSA) is 79.0 Å². The normalized spacial score (nSPS) is 15.0. The summed E-state index contributed by atoms with van der Waals surface area (Å²) in [7, 11) is 5.14. The number of nitrogens with zero attached hydrogens (tertiary/aromatic N) is 2. The number of nitrogens with one attached hydrogen (secondary N) is 1. The molecule has 0 atom stereocenters. The minimum Gasteiger partial charge on any atom is -0.465 e. The smallest absolute Gasteiger partial charge is 0.337 e. The number of rotatable bonds is 4. The molecule has 0 radical (unpaired) electrons. The zero-order valence-electron chi connectivity index (χ0n) is 15.5. The first-order chi connectivity index (χ1) is 13.3. The van der Waals surface area contributed by atoms with Gasteiger partial charge >= 0.3 is 5.97 Å². The molecule has 1 N–H and O–H groups in total. The summed E-state index contributed by atoms with van der Waals surface area (Å²) in [5.74, 6) is -1.44. The maximum Gasteiger partial charge on any atom is 0.337 e. The van der Waals surface area contributed by atoms with Crippen molar-refractivity contribution in [3.05, 3.63) is 63.6 Å². The molecule has 1 saturated heterocycles. The number of benzene rings is 2. The number of methoxy groups -OCH3 is 1. The lowest BCUT2D eigenvalue weighted by molar-refractivity contribution is -0.117. The third-order valence-electron chi connectivity index (χ3n) is 4.20. The van der Waals surface area contributed by atoms with Crippen molar-refractivity contribution < 1.29 is 19.1 Å². The molecule has 3 rings (SSSR count). The Morgan fingerprint density at radius 1 is 1.14 bits per heavy atom. The number of halogens is 1. The Kier molecular flexibility index (Phi) is 5.51. The predicted octanol–water partition coefficient (Wildman–Crippen LogP) is 2.76. The van der Waals surface area contributed by atoms with E-state index in [9.17, 15) is 14.4 Å². The van der Waals surface area contributed by atoms with E-state index < -0.39 is 17.8 Å². The van der Waals surface area contributed by atoms with Gasteiger partial charge in [0.1, 0.15) is 5.57 Å². The molecule has 0 saturated carbocycles. The molecule has 1 aliphatic heterocycles. The number of hydrogen-bond acceptors (Lipinski definition) is 5. The van der Waals surface area contributed by atoms with Crippen LogP contribution in [0.3, 0.4) is 0 Å². The highest BCUT2D eigenvalue weighted by atomic mass is 79.9. The third kappa shape index (κ3) is 3.77. The van der Waals surface area contributed by atoms with Gasteiger partial charge in [-0.05, 0) is 64.0 Å². The van der Waals surface area contributed by atoms with Crippen molar-refractivity contribution in [2.75, 3.05) is 31.1 Å². The molecule has 0 spiro atoms. The van der Waals surface area contributed by atoms with E-state index >= 15 is 0 Å². The summed E-state index contributed by atoms with van der Waals surface area (Å²) in [6.45, 7) is 0. The van der Waals surface area contributed by atoms with E-state index in [1.54, 1.807) is 18.2 Å². The summed E-state index contributed by atoms with van der Waals surface area (Å²) >= 11 is 3.50. The first kappa shape index (κ1) is 19.6. The van der Waals surface area contributed by atoms with Crippen LogP contribution < -0.4 is 15.3 Å². The Labute approximate surface area is 170 Å². The Morgan fingerprint density at radius 3 is 2.39 bits per heavy atom. The van der Waals surface area contributed by atoms with E-state index in [1.165, 1.54) is 19.2 Å². The van der Waals surface area contributed by atoms with Gasteiger partial charge in [-0.2, -0.15) is 0 Å². The number of esters is 1. The molecule has 1 fully saturated rings. The highest BCUT2D eigenvalue weighted by Crippen LogP contribution is 2.28. The molecule has 8 heteroatoms. The summed E-state index contributed by atoms with van der Waals surface area (Å²) in [6.07, 6.45) is 1.55. The monoisotopic (exact) mass is 443 g/mol. The number of anilines is 2. The first-order valence-electron chi connectivity index (χ1n) is 8.34. The van der Waals surface area contributed by atoms with Crippen molar-refractivity contribution >= 4 is 51.2 Å². The fourth-order valence-corrected chi connectivity index (χ4v) is 3.50. The van der Waals surface area contributed by atoms with Gasteiger partial charge in [0, 0.05) is 18.6 Å². The number of amides is 2. The molecule has 1 aliphatic rings. The average molecular weight is 444 g/mol. The zero-order chi connectivity index (χ0) is 20.4. The molecule has 0 aromatic heterocycles. The Bertz CT molecular complexity index is 983. The number of carbonyl (C=O) groups excluding carboxylic acids is 3.